The largest absolute Gasteiger partial charge is 0.507 e. The summed E-state index contributed by atoms with van der Waals surface area (Å²) in [6.45, 7) is 2.13. The molecule has 1 aliphatic rings. The number of Topliss-reactive ketones (excluding diaryl/α,β-unsaturated/α-hetero) is 1. The minimum atomic E-state index is -0.832. The Morgan fingerprint density at radius 2 is 1.77 bits per heavy atom. The Morgan fingerprint density at radius 1 is 1.07 bits per heavy atom. The van der Waals surface area contributed by atoms with Crippen molar-refractivity contribution in [2.45, 2.75) is 19.4 Å². The van der Waals surface area contributed by atoms with Crippen molar-refractivity contribution in [3.8, 4) is 0 Å². The number of ketones is 1. The van der Waals surface area contributed by atoms with Crippen molar-refractivity contribution in [2.75, 3.05) is 6.54 Å². The van der Waals surface area contributed by atoms with Crippen molar-refractivity contribution in [2.24, 2.45) is 0 Å². The van der Waals surface area contributed by atoms with Crippen molar-refractivity contribution in [3.63, 3.8) is 0 Å². The number of hydrogen-bond acceptors (Lipinski definition) is 4. The Labute approximate surface area is 173 Å². The van der Waals surface area contributed by atoms with Gasteiger partial charge in [-0.05, 0) is 43.2 Å². The predicted molar refractivity (Wildman–Crippen MR) is 109 cm³/mol. The fourth-order valence-corrected chi connectivity index (χ4v) is 3.62. The van der Waals surface area contributed by atoms with Gasteiger partial charge in [-0.3, -0.25) is 9.59 Å². The number of amides is 1. The highest BCUT2D eigenvalue weighted by atomic mass is 19.1. The van der Waals surface area contributed by atoms with E-state index >= 15 is 0 Å². The SMILES string of the molecule is Cc1ccc(/C(O)=C2/C(=O)C(=O)N(CCc3ccc(F)cc3)C2c2ccco2)cc1. The van der Waals surface area contributed by atoms with Crippen molar-refractivity contribution in [3.05, 3.63) is 101 Å². The summed E-state index contributed by atoms with van der Waals surface area (Å²) >= 11 is 0. The Morgan fingerprint density at radius 3 is 2.40 bits per heavy atom. The molecule has 1 saturated heterocycles. The summed E-state index contributed by atoms with van der Waals surface area (Å²) in [6.07, 6.45) is 1.89. The summed E-state index contributed by atoms with van der Waals surface area (Å²) in [6, 6.07) is 15.5. The van der Waals surface area contributed by atoms with Gasteiger partial charge in [-0.2, -0.15) is 0 Å². The van der Waals surface area contributed by atoms with E-state index in [2.05, 4.69) is 0 Å². The summed E-state index contributed by atoms with van der Waals surface area (Å²) in [4.78, 5) is 27.1. The maximum absolute atomic E-state index is 13.2. The zero-order chi connectivity index (χ0) is 21.3. The first-order chi connectivity index (χ1) is 14.5. The highest BCUT2D eigenvalue weighted by Gasteiger charge is 2.47. The van der Waals surface area contributed by atoms with E-state index in [1.807, 2.05) is 19.1 Å². The van der Waals surface area contributed by atoms with Crippen molar-refractivity contribution >= 4 is 17.4 Å². The van der Waals surface area contributed by atoms with Crippen LogP contribution in [0, 0.1) is 12.7 Å². The Balaban J connectivity index is 1.72. The zero-order valence-corrected chi connectivity index (χ0v) is 16.3. The van der Waals surface area contributed by atoms with E-state index in [1.54, 1.807) is 36.4 Å². The number of halogens is 1. The number of carbonyl (C=O) groups is 2. The molecule has 1 fully saturated rings. The molecule has 1 unspecified atom stereocenters. The molecule has 2 heterocycles. The molecule has 0 radical (unpaired) electrons. The quantitative estimate of drug-likeness (QED) is 0.388. The highest BCUT2D eigenvalue weighted by Crippen LogP contribution is 2.39. The van der Waals surface area contributed by atoms with Crippen LogP contribution in [0.25, 0.3) is 5.76 Å². The van der Waals surface area contributed by atoms with Crippen LogP contribution in [0.5, 0.6) is 0 Å². The third-order valence-electron chi connectivity index (χ3n) is 5.23. The van der Waals surface area contributed by atoms with Gasteiger partial charge in [0.25, 0.3) is 11.7 Å². The van der Waals surface area contributed by atoms with E-state index in [0.29, 0.717) is 17.7 Å². The molecule has 1 aliphatic heterocycles. The number of aliphatic hydroxyl groups excluding tert-OH is 1. The number of carbonyl (C=O) groups excluding carboxylic acids is 2. The average molecular weight is 405 g/mol. The van der Waals surface area contributed by atoms with Crippen LogP contribution < -0.4 is 0 Å². The van der Waals surface area contributed by atoms with Crippen LogP contribution in [0.1, 0.15) is 28.5 Å². The lowest BCUT2D eigenvalue weighted by Crippen LogP contribution is -2.31. The number of rotatable bonds is 5. The minimum Gasteiger partial charge on any atom is -0.507 e. The normalized spacial score (nSPS) is 18.2. The van der Waals surface area contributed by atoms with E-state index in [1.165, 1.54) is 23.3 Å². The maximum atomic E-state index is 13.2. The molecule has 1 amide bonds. The molecule has 152 valence electrons. The number of nitrogens with zero attached hydrogens (tertiary/aromatic N) is 1. The minimum absolute atomic E-state index is 0.00194. The molecular weight excluding hydrogens is 385 g/mol. The third kappa shape index (κ3) is 3.64. The Bertz CT molecular complexity index is 1100. The molecule has 3 aromatic rings. The van der Waals surface area contributed by atoms with E-state index < -0.39 is 17.7 Å². The Hall–Kier alpha value is -3.67. The van der Waals surface area contributed by atoms with Gasteiger partial charge < -0.3 is 14.4 Å². The lowest BCUT2D eigenvalue weighted by atomic mass is 9.98. The first-order valence-corrected chi connectivity index (χ1v) is 9.59. The summed E-state index contributed by atoms with van der Waals surface area (Å²) in [5.41, 5.74) is 2.29. The monoisotopic (exact) mass is 405 g/mol. The summed E-state index contributed by atoms with van der Waals surface area (Å²) in [7, 11) is 0. The Kier molecular flexibility index (Phi) is 5.23. The van der Waals surface area contributed by atoms with Gasteiger partial charge in [-0.25, -0.2) is 4.39 Å². The molecule has 0 saturated carbocycles. The zero-order valence-electron chi connectivity index (χ0n) is 16.3. The summed E-state index contributed by atoms with van der Waals surface area (Å²) < 4.78 is 18.7. The van der Waals surface area contributed by atoms with Crippen molar-refractivity contribution in [1.29, 1.82) is 0 Å². The first-order valence-electron chi connectivity index (χ1n) is 9.59. The van der Waals surface area contributed by atoms with E-state index in [0.717, 1.165) is 11.1 Å². The number of likely N-dealkylation sites (tertiary alicyclic amines) is 1. The molecule has 1 aromatic heterocycles. The lowest BCUT2D eigenvalue weighted by molar-refractivity contribution is -0.140. The molecule has 4 rings (SSSR count). The summed E-state index contributed by atoms with van der Waals surface area (Å²) in [5, 5.41) is 10.9. The van der Waals surface area contributed by atoms with E-state index in [9.17, 15) is 19.1 Å². The van der Waals surface area contributed by atoms with Crippen LogP contribution in [0.15, 0.2) is 76.9 Å². The van der Waals surface area contributed by atoms with Gasteiger partial charge in [-0.1, -0.05) is 42.0 Å². The summed E-state index contributed by atoms with van der Waals surface area (Å²) in [5.74, 6) is -1.64. The number of benzene rings is 2. The van der Waals surface area contributed by atoms with Gasteiger partial charge >= 0.3 is 0 Å². The second-order valence-corrected chi connectivity index (χ2v) is 7.25. The lowest BCUT2D eigenvalue weighted by Gasteiger charge is -2.23. The molecule has 0 spiro atoms. The topological polar surface area (TPSA) is 70.8 Å². The van der Waals surface area contributed by atoms with Crippen LogP contribution in [-0.4, -0.2) is 28.2 Å². The van der Waals surface area contributed by atoms with Gasteiger partial charge in [0.1, 0.15) is 23.4 Å². The maximum Gasteiger partial charge on any atom is 0.295 e. The second-order valence-electron chi connectivity index (χ2n) is 7.25. The number of hydrogen-bond donors (Lipinski definition) is 1. The number of aryl methyl sites for hydroxylation is 1. The first kappa shape index (κ1) is 19.6. The molecular formula is C24H20FNO4. The third-order valence-corrected chi connectivity index (χ3v) is 5.23. The molecule has 6 heteroatoms. The molecule has 5 nitrogen and oxygen atoms in total. The van der Waals surface area contributed by atoms with Gasteiger partial charge in [0.2, 0.25) is 0 Å². The van der Waals surface area contributed by atoms with E-state index in [-0.39, 0.29) is 23.7 Å². The average Bonchev–Trinajstić information content (AvgIpc) is 3.35. The molecule has 2 aromatic carbocycles. The van der Waals surface area contributed by atoms with Crippen LogP contribution >= 0.6 is 0 Å². The molecule has 0 bridgehead atoms. The van der Waals surface area contributed by atoms with E-state index in [4.69, 9.17) is 4.42 Å². The molecule has 1 atom stereocenters. The fourth-order valence-electron chi connectivity index (χ4n) is 3.62. The smallest absolute Gasteiger partial charge is 0.295 e. The molecule has 1 N–H and O–H groups in total. The van der Waals surface area contributed by atoms with Gasteiger partial charge in [0.05, 0.1) is 11.8 Å². The highest BCUT2D eigenvalue weighted by molar-refractivity contribution is 6.46. The van der Waals surface area contributed by atoms with Gasteiger partial charge in [0.15, 0.2) is 0 Å². The van der Waals surface area contributed by atoms with Crippen LogP contribution in [0.3, 0.4) is 0 Å². The van der Waals surface area contributed by atoms with Crippen LogP contribution in [0.4, 0.5) is 4.39 Å². The molecule has 30 heavy (non-hydrogen) atoms. The van der Waals surface area contributed by atoms with Gasteiger partial charge in [-0.15, -0.1) is 0 Å². The van der Waals surface area contributed by atoms with Crippen molar-refractivity contribution < 1.29 is 23.5 Å². The van der Waals surface area contributed by atoms with Crippen LogP contribution in [0.2, 0.25) is 0 Å². The molecule has 0 aliphatic carbocycles. The number of aliphatic hydroxyl groups is 1. The fraction of sp³-hybridized carbons (Fsp3) is 0.167. The van der Waals surface area contributed by atoms with Gasteiger partial charge in [0, 0.05) is 12.1 Å². The van der Waals surface area contributed by atoms with Crippen LogP contribution in [-0.2, 0) is 16.0 Å². The standard InChI is InChI=1S/C24H20FNO4/c1-15-4-8-17(9-5-15)22(27)20-21(19-3-2-14-30-19)26(24(29)23(20)28)13-12-16-6-10-18(25)11-7-16/h2-11,14,21,27H,12-13H2,1H3/b22-20-. The predicted octanol–water partition coefficient (Wildman–Crippen LogP) is 4.39. The second kappa shape index (κ2) is 7.99. The number of furan rings is 1. The van der Waals surface area contributed by atoms with Crippen molar-refractivity contribution in [1.82, 2.24) is 4.90 Å².